The number of hydrogen-bond acceptors (Lipinski definition) is 7. The number of aliphatic carboxylic acids is 1. The van der Waals surface area contributed by atoms with Gasteiger partial charge in [0.1, 0.15) is 0 Å². The van der Waals surface area contributed by atoms with Gasteiger partial charge in [-0.3, -0.25) is 14.4 Å². The van der Waals surface area contributed by atoms with E-state index in [0.717, 1.165) is 32.1 Å². The van der Waals surface area contributed by atoms with E-state index >= 15 is 0 Å². The van der Waals surface area contributed by atoms with Crippen LogP contribution in [0.3, 0.4) is 0 Å². The molecule has 9 heteroatoms. The van der Waals surface area contributed by atoms with Crippen molar-refractivity contribution in [3.63, 3.8) is 0 Å². The smallest absolute Gasteiger partial charge is 0.303 e. The third kappa shape index (κ3) is 30.5. The predicted molar refractivity (Wildman–Crippen MR) is 139 cm³/mol. The van der Waals surface area contributed by atoms with Gasteiger partial charge in [0.15, 0.2) is 0 Å². The van der Waals surface area contributed by atoms with Crippen molar-refractivity contribution in [3.05, 3.63) is 0 Å². The molecule has 0 aliphatic rings. The Hall–Kier alpha value is -1.55. The van der Waals surface area contributed by atoms with Gasteiger partial charge in [-0.05, 0) is 12.8 Å². The van der Waals surface area contributed by atoms with E-state index in [4.69, 9.17) is 24.1 Å². The molecule has 1 radical (unpaired) electrons. The summed E-state index contributed by atoms with van der Waals surface area (Å²) >= 11 is 0. The Morgan fingerprint density at radius 1 is 0.556 bits per heavy atom. The summed E-state index contributed by atoms with van der Waals surface area (Å²) in [6.07, 6.45) is 16.6. The molecule has 0 bridgehead atoms. The molecule has 0 aromatic carbocycles. The lowest BCUT2D eigenvalue weighted by molar-refractivity contribution is -0.137. The molecule has 36 heavy (non-hydrogen) atoms. The molecule has 0 aromatic rings. The molecule has 0 fully saturated rings. The number of carbonyl (C=O) groups excluding carboxylic acids is 2. The molecule has 211 valence electrons. The molecule has 9 nitrogen and oxygen atoms in total. The molecule has 0 rings (SSSR count). The Bertz CT molecular complexity index is 504. The highest BCUT2D eigenvalue weighted by atomic mass is 16.6. The number of carboxylic acids is 1. The number of amides is 1. The SMILES string of the molecule is O=[C]CCOCCOCCOCCOCCNC(=O)CCCCCCCCCCCCCCC(=O)O. The van der Waals surface area contributed by atoms with Gasteiger partial charge in [-0.15, -0.1) is 0 Å². The predicted octanol–water partition coefficient (Wildman–Crippen LogP) is 4.21. The molecule has 0 aromatic heterocycles. The minimum absolute atomic E-state index is 0.0867. The Morgan fingerprint density at radius 2 is 0.944 bits per heavy atom. The molecule has 1 amide bonds. The lowest BCUT2D eigenvalue weighted by Gasteiger charge is -2.08. The zero-order valence-electron chi connectivity index (χ0n) is 22.3. The van der Waals surface area contributed by atoms with Crippen molar-refractivity contribution in [1.82, 2.24) is 5.32 Å². The van der Waals surface area contributed by atoms with E-state index in [1.807, 2.05) is 0 Å². The molecular weight excluding hydrogens is 466 g/mol. The van der Waals surface area contributed by atoms with Gasteiger partial charge in [-0.2, -0.15) is 0 Å². The zero-order valence-corrected chi connectivity index (χ0v) is 22.3. The number of nitrogens with one attached hydrogen (secondary N) is 1. The van der Waals surface area contributed by atoms with Gasteiger partial charge in [0.25, 0.3) is 0 Å². The van der Waals surface area contributed by atoms with Crippen LogP contribution in [-0.4, -0.2) is 82.7 Å². The van der Waals surface area contributed by atoms with Crippen molar-refractivity contribution in [1.29, 1.82) is 0 Å². The van der Waals surface area contributed by atoms with Crippen LogP contribution in [0.5, 0.6) is 0 Å². The van der Waals surface area contributed by atoms with Gasteiger partial charge < -0.3 is 29.4 Å². The van der Waals surface area contributed by atoms with Crippen LogP contribution in [0.4, 0.5) is 0 Å². The molecule has 0 aliphatic carbocycles. The summed E-state index contributed by atoms with van der Waals surface area (Å²) in [6, 6.07) is 0. The van der Waals surface area contributed by atoms with Gasteiger partial charge in [-0.25, -0.2) is 0 Å². The number of carbonyl (C=O) groups is 2. The van der Waals surface area contributed by atoms with Crippen LogP contribution in [0, 0.1) is 0 Å². The van der Waals surface area contributed by atoms with Gasteiger partial charge in [0.05, 0.1) is 52.9 Å². The molecule has 0 aliphatic heterocycles. The van der Waals surface area contributed by atoms with Crippen molar-refractivity contribution in [2.75, 3.05) is 59.4 Å². The van der Waals surface area contributed by atoms with Crippen LogP contribution in [0.25, 0.3) is 0 Å². The molecule has 0 saturated heterocycles. The van der Waals surface area contributed by atoms with Crippen LogP contribution in [0.2, 0.25) is 0 Å². The molecule has 0 unspecified atom stereocenters. The Kier molecular flexibility index (Phi) is 28.4. The Labute approximate surface area is 218 Å². The maximum absolute atomic E-state index is 11.9. The topological polar surface area (TPSA) is 120 Å². The maximum atomic E-state index is 11.9. The van der Waals surface area contributed by atoms with Crippen molar-refractivity contribution < 1.29 is 38.4 Å². The monoisotopic (exact) mass is 516 g/mol. The third-order valence-corrected chi connectivity index (χ3v) is 5.58. The number of ether oxygens (including phenoxy) is 4. The molecule has 0 heterocycles. The lowest BCUT2D eigenvalue weighted by Crippen LogP contribution is -2.27. The van der Waals surface area contributed by atoms with E-state index in [0.29, 0.717) is 72.2 Å². The van der Waals surface area contributed by atoms with Gasteiger partial charge >= 0.3 is 5.97 Å². The summed E-state index contributed by atoms with van der Waals surface area (Å²) in [5.41, 5.74) is 0. The van der Waals surface area contributed by atoms with Crippen LogP contribution < -0.4 is 5.32 Å². The highest BCUT2D eigenvalue weighted by Crippen LogP contribution is 2.13. The normalized spacial score (nSPS) is 11.0. The first-order valence-corrected chi connectivity index (χ1v) is 13.8. The summed E-state index contributed by atoms with van der Waals surface area (Å²) < 4.78 is 21.3. The highest BCUT2D eigenvalue weighted by molar-refractivity contribution is 5.75. The van der Waals surface area contributed by atoms with Crippen LogP contribution in [0.1, 0.15) is 96.3 Å². The van der Waals surface area contributed by atoms with E-state index in [9.17, 15) is 14.4 Å². The summed E-state index contributed by atoms with van der Waals surface area (Å²) in [5.74, 6) is -0.604. The van der Waals surface area contributed by atoms with Crippen LogP contribution >= 0.6 is 0 Å². The molecule has 0 atom stereocenters. The standard InChI is InChI=1S/C27H50NO8/c29-17-13-18-33-20-22-35-24-25-36-23-21-34-19-16-28-26(30)14-11-9-7-5-3-1-2-4-6-8-10-12-15-27(31)32/h1-16,18-25H2,(H,28,30)(H,31,32). The second-order valence-corrected chi connectivity index (χ2v) is 8.83. The summed E-state index contributed by atoms with van der Waals surface area (Å²) in [4.78, 5) is 32.3. The van der Waals surface area contributed by atoms with Crippen LogP contribution in [-0.2, 0) is 33.3 Å². The van der Waals surface area contributed by atoms with E-state index in [-0.39, 0.29) is 12.3 Å². The summed E-state index contributed by atoms with van der Waals surface area (Å²) in [7, 11) is 0. The van der Waals surface area contributed by atoms with Crippen molar-refractivity contribution in [2.45, 2.75) is 96.3 Å². The Balaban J connectivity index is 3.16. The first-order chi connectivity index (χ1) is 17.7. The largest absolute Gasteiger partial charge is 0.481 e. The van der Waals surface area contributed by atoms with Crippen LogP contribution in [0.15, 0.2) is 0 Å². The number of unbranched alkanes of at least 4 members (excludes halogenated alkanes) is 11. The molecule has 0 saturated carbocycles. The summed E-state index contributed by atoms with van der Waals surface area (Å²) in [5, 5.41) is 11.5. The lowest BCUT2D eigenvalue weighted by atomic mass is 10.0. The maximum Gasteiger partial charge on any atom is 0.303 e. The summed E-state index contributed by atoms with van der Waals surface area (Å²) in [6.45, 7) is 4.23. The van der Waals surface area contributed by atoms with Crippen molar-refractivity contribution in [2.24, 2.45) is 0 Å². The van der Waals surface area contributed by atoms with Crippen molar-refractivity contribution >= 4 is 18.2 Å². The quantitative estimate of drug-likeness (QED) is 0.136. The van der Waals surface area contributed by atoms with Gasteiger partial charge in [-0.1, -0.05) is 64.2 Å². The first-order valence-electron chi connectivity index (χ1n) is 13.8. The molecule has 2 N–H and O–H groups in total. The van der Waals surface area contributed by atoms with E-state index in [2.05, 4.69) is 5.32 Å². The molecular formula is C27H50NO8. The minimum atomic E-state index is -0.690. The van der Waals surface area contributed by atoms with Gasteiger partial charge in [0.2, 0.25) is 12.2 Å². The Morgan fingerprint density at radius 3 is 1.39 bits per heavy atom. The average Bonchev–Trinajstić information content (AvgIpc) is 2.86. The zero-order chi connectivity index (χ0) is 26.4. The fourth-order valence-electron chi connectivity index (χ4n) is 3.56. The molecule has 0 spiro atoms. The fourth-order valence-corrected chi connectivity index (χ4v) is 3.56. The number of carboxylic acid groups (broad SMARTS) is 1. The number of hydrogen-bond donors (Lipinski definition) is 2. The first kappa shape index (κ1) is 34.5. The average molecular weight is 517 g/mol. The van der Waals surface area contributed by atoms with E-state index in [1.165, 1.54) is 44.9 Å². The van der Waals surface area contributed by atoms with Crippen molar-refractivity contribution in [3.8, 4) is 0 Å². The van der Waals surface area contributed by atoms with E-state index in [1.54, 1.807) is 6.29 Å². The number of rotatable bonds is 30. The van der Waals surface area contributed by atoms with E-state index < -0.39 is 5.97 Å². The fraction of sp³-hybridized carbons (Fsp3) is 0.889. The minimum Gasteiger partial charge on any atom is -0.481 e. The highest BCUT2D eigenvalue weighted by Gasteiger charge is 2.01. The second-order valence-electron chi connectivity index (χ2n) is 8.83. The second kappa shape index (κ2) is 29.7. The third-order valence-electron chi connectivity index (χ3n) is 5.58. The van der Waals surface area contributed by atoms with Gasteiger partial charge in [0, 0.05) is 25.8 Å².